The lowest BCUT2D eigenvalue weighted by atomic mass is 9.86. The molecule has 3 N–H and O–H groups in total. The zero-order chi connectivity index (χ0) is 11.1. The Labute approximate surface area is 95.8 Å². The molecule has 0 fully saturated rings. The van der Waals surface area contributed by atoms with E-state index in [9.17, 15) is 0 Å². The Hall–Kier alpha value is -1.28. The predicted octanol–water partition coefficient (Wildman–Crippen LogP) is 2.54. The number of rotatable bonds is 1. The third-order valence-electron chi connectivity index (χ3n) is 3.78. The van der Waals surface area contributed by atoms with Crippen LogP contribution in [0.3, 0.4) is 0 Å². The molecule has 3 rings (SSSR count). The molecule has 1 aromatic heterocycles. The van der Waals surface area contributed by atoms with Crippen LogP contribution in [0.25, 0.3) is 10.9 Å². The van der Waals surface area contributed by atoms with Gasteiger partial charge in [-0.3, -0.25) is 0 Å². The van der Waals surface area contributed by atoms with Gasteiger partial charge in [0.2, 0.25) is 0 Å². The summed E-state index contributed by atoms with van der Waals surface area (Å²) in [5.41, 5.74) is 11.4. The zero-order valence-corrected chi connectivity index (χ0v) is 9.72. The predicted molar refractivity (Wildman–Crippen MR) is 67.6 cm³/mol. The maximum absolute atomic E-state index is 5.79. The highest BCUT2D eigenvalue weighted by atomic mass is 14.7. The van der Waals surface area contributed by atoms with Crippen molar-refractivity contribution in [2.24, 2.45) is 11.7 Å². The average Bonchev–Trinajstić information content (AvgIpc) is 2.66. The molecule has 1 atom stereocenters. The van der Waals surface area contributed by atoms with Gasteiger partial charge in [-0.1, -0.05) is 11.6 Å². The fraction of sp³-hybridized carbons (Fsp3) is 0.429. The molecule has 0 aliphatic heterocycles. The number of aryl methyl sites for hydroxylation is 2. The second-order valence-electron chi connectivity index (χ2n) is 4.98. The number of benzene rings is 1. The molecule has 0 saturated heterocycles. The van der Waals surface area contributed by atoms with E-state index in [1.54, 1.807) is 0 Å². The number of hydrogen-bond donors (Lipinski definition) is 2. The summed E-state index contributed by atoms with van der Waals surface area (Å²) in [6.45, 7) is 2.97. The van der Waals surface area contributed by atoms with Crippen LogP contribution in [0.5, 0.6) is 0 Å². The highest BCUT2D eigenvalue weighted by Gasteiger charge is 2.21. The number of aromatic nitrogens is 1. The van der Waals surface area contributed by atoms with Gasteiger partial charge in [0, 0.05) is 16.6 Å². The Balaban J connectivity index is 2.15. The number of hydrogen-bond acceptors (Lipinski definition) is 1. The first-order valence-electron chi connectivity index (χ1n) is 6.08. The van der Waals surface area contributed by atoms with Gasteiger partial charge >= 0.3 is 0 Å². The van der Waals surface area contributed by atoms with Gasteiger partial charge in [-0.2, -0.15) is 0 Å². The van der Waals surface area contributed by atoms with Crippen molar-refractivity contribution >= 4 is 10.9 Å². The first-order chi connectivity index (χ1) is 7.78. The van der Waals surface area contributed by atoms with E-state index in [0.29, 0.717) is 5.92 Å². The Kier molecular flexibility index (Phi) is 2.25. The van der Waals surface area contributed by atoms with Crippen molar-refractivity contribution in [1.29, 1.82) is 0 Å². The number of fused-ring (bicyclic) bond motifs is 3. The van der Waals surface area contributed by atoms with E-state index in [1.807, 2.05) is 0 Å². The van der Waals surface area contributed by atoms with E-state index in [-0.39, 0.29) is 0 Å². The van der Waals surface area contributed by atoms with E-state index >= 15 is 0 Å². The molecule has 1 unspecified atom stereocenters. The van der Waals surface area contributed by atoms with Gasteiger partial charge < -0.3 is 10.7 Å². The number of nitrogens with two attached hydrogens (primary N) is 1. The Bertz CT molecular complexity index is 525. The standard InChI is InChI=1S/C14H18N2/c1-9-2-4-13-11(6-9)12-7-10(8-15)3-5-14(12)16-13/h2,4,6,10,16H,3,5,7-8,15H2,1H3. The third kappa shape index (κ3) is 1.45. The fourth-order valence-electron chi connectivity index (χ4n) is 2.80. The number of H-pyrrole nitrogens is 1. The first kappa shape index (κ1) is 9.91. The largest absolute Gasteiger partial charge is 0.358 e. The molecule has 1 heterocycles. The molecule has 2 nitrogen and oxygen atoms in total. The van der Waals surface area contributed by atoms with Crippen LogP contribution < -0.4 is 5.73 Å². The van der Waals surface area contributed by atoms with E-state index < -0.39 is 0 Å². The molecule has 0 amide bonds. The number of nitrogens with one attached hydrogen (secondary N) is 1. The van der Waals surface area contributed by atoms with Gasteiger partial charge in [-0.25, -0.2) is 0 Å². The highest BCUT2D eigenvalue weighted by Crippen LogP contribution is 2.31. The summed E-state index contributed by atoms with van der Waals surface area (Å²) in [5, 5.41) is 1.41. The normalized spacial score (nSPS) is 20.0. The van der Waals surface area contributed by atoms with Gasteiger partial charge in [0.05, 0.1) is 0 Å². The third-order valence-corrected chi connectivity index (χ3v) is 3.78. The van der Waals surface area contributed by atoms with Crippen molar-refractivity contribution in [3.8, 4) is 0 Å². The summed E-state index contributed by atoms with van der Waals surface area (Å²) in [6.07, 6.45) is 3.54. The van der Waals surface area contributed by atoms with Crippen LogP contribution in [0.4, 0.5) is 0 Å². The molecule has 2 heteroatoms. The average molecular weight is 214 g/mol. The Morgan fingerprint density at radius 1 is 1.44 bits per heavy atom. The molecule has 2 aromatic rings. The van der Waals surface area contributed by atoms with Gasteiger partial charge in [0.25, 0.3) is 0 Å². The van der Waals surface area contributed by atoms with Crippen LogP contribution in [0.1, 0.15) is 23.2 Å². The minimum absolute atomic E-state index is 0.673. The second-order valence-corrected chi connectivity index (χ2v) is 4.98. The summed E-state index contributed by atoms with van der Waals surface area (Å²) < 4.78 is 0. The van der Waals surface area contributed by atoms with Crippen molar-refractivity contribution in [3.05, 3.63) is 35.0 Å². The summed E-state index contributed by atoms with van der Waals surface area (Å²) in [4.78, 5) is 3.55. The second kappa shape index (κ2) is 3.63. The number of aromatic amines is 1. The maximum Gasteiger partial charge on any atom is 0.0459 e. The van der Waals surface area contributed by atoms with Crippen molar-refractivity contribution in [2.75, 3.05) is 6.54 Å². The van der Waals surface area contributed by atoms with Crippen LogP contribution in [0.2, 0.25) is 0 Å². The van der Waals surface area contributed by atoms with E-state index in [0.717, 1.165) is 19.4 Å². The monoisotopic (exact) mass is 214 g/mol. The van der Waals surface area contributed by atoms with Crippen LogP contribution >= 0.6 is 0 Å². The molecule has 16 heavy (non-hydrogen) atoms. The van der Waals surface area contributed by atoms with Crippen molar-refractivity contribution in [1.82, 2.24) is 4.98 Å². The van der Waals surface area contributed by atoms with Crippen LogP contribution in [-0.4, -0.2) is 11.5 Å². The quantitative estimate of drug-likeness (QED) is 0.752. The summed E-state index contributed by atoms with van der Waals surface area (Å²) in [7, 11) is 0. The smallest absolute Gasteiger partial charge is 0.0459 e. The van der Waals surface area contributed by atoms with E-state index in [2.05, 4.69) is 30.1 Å². The highest BCUT2D eigenvalue weighted by molar-refractivity contribution is 5.85. The lowest BCUT2D eigenvalue weighted by Gasteiger charge is -2.20. The SMILES string of the molecule is Cc1ccc2[nH]c3c(c2c1)CC(CN)CC3. The first-order valence-corrected chi connectivity index (χ1v) is 6.08. The molecule has 0 saturated carbocycles. The lowest BCUT2D eigenvalue weighted by Crippen LogP contribution is -2.21. The minimum atomic E-state index is 0.673. The molecule has 0 bridgehead atoms. The summed E-state index contributed by atoms with van der Waals surface area (Å²) in [6, 6.07) is 6.66. The van der Waals surface area contributed by atoms with Gasteiger partial charge in [0.15, 0.2) is 0 Å². The van der Waals surface area contributed by atoms with Gasteiger partial charge in [0.1, 0.15) is 0 Å². The zero-order valence-electron chi connectivity index (χ0n) is 9.72. The van der Waals surface area contributed by atoms with Gasteiger partial charge in [-0.15, -0.1) is 0 Å². The molecule has 1 aromatic carbocycles. The summed E-state index contributed by atoms with van der Waals surface area (Å²) >= 11 is 0. The fourth-order valence-corrected chi connectivity index (χ4v) is 2.80. The topological polar surface area (TPSA) is 41.8 Å². The molecule has 0 spiro atoms. The van der Waals surface area contributed by atoms with Crippen LogP contribution in [0, 0.1) is 12.8 Å². The van der Waals surface area contributed by atoms with Crippen molar-refractivity contribution in [3.63, 3.8) is 0 Å². The molecular weight excluding hydrogens is 196 g/mol. The maximum atomic E-state index is 5.79. The summed E-state index contributed by atoms with van der Waals surface area (Å²) in [5.74, 6) is 0.673. The Morgan fingerprint density at radius 2 is 2.31 bits per heavy atom. The van der Waals surface area contributed by atoms with E-state index in [1.165, 1.54) is 34.1 Å². The lowest BCUT2D eigenvalue weighted by molar-refractivity contribution is 0.468. The molecule has 1 aliphatic rings. The minimum Gasteiger partial charge on any atom is -0.358 e. The Morgan fingerprint density at radius 3 is 3.12 bits per heavy atom. The van der Waals surface area contributed by atoms with Crippen molar-refractivity contribution in [2.45, 2.75) is 26.2 Å². The molecular formula is C14H18N2. The van der Waals surface area contributed by atoms with Crippen LogP contribution in [-0.2, 0) is 12.8 Å². The molecule has 84 valence electrons. The van der Waals surface area contributed by atoms with Crippen molar-refractivity contribution < 1.29 is 0 Å². The van der Waals surface area contributed by atoms with Gasteiger partial charge in [-0.05, 0) is 56.3 Å². The van der Waals surface area contributed by atoms with E-state index in [4.69, 9.17) is 5.73 Å². The molecule has 1 aliphatic carbocycles. The van der Waals surface area contributed by atoms with Crippen LogP contribution in [0.15, 0.2) is 18.2 Å². The molecule has 0 radical (unpaired) electrons.